The Hall–Kier alpha value is -1.58. The maximum absolute atomic E-state index is 6.30. The zero-order chi connectivity index (χ0) is 20.8. The van der Waals surface area contributed by atoms with Gasteiger partial charge in [0.1, 0.15) is 17.0 Å². The lowest BCUT2D eigenvalue weighted by Crippen LogP contribution is -2.12. The van der Waals surface area contributed by atoms with Gasteiger partial charge in [0.15, 0.2) is 0 Å². The number of nitrogens with one attached hydrogen (secondary N) is 2. The molecule has 0 saturated heterocycles. The number of nitrogen functional groups attached to an aromatic ring is 1. The molecule has 0 atom stereocenters. The minimum Gasteiger partial charge on any atom is -0.398 e. The highest BCUT2D eigenvalue weighted by atomic mass is 35.5. The number of anilines is 3. The Balaban J connectivity index is 0.000000353. The van der Waals surface area contributed by atoms with Crippen molar-refractivity contribution in [3.63, 3.8) is 0 Å². The molecule has 0 bridgehead atoms. The third-order valence-electron chi connectivity index (χ3n) is 4.68. The topological polar surface area (TPSA) is 85.1 Å². The highest BCUT2D eigenvalue weighted by molar-refractivity contribution is 7.80. The second-order valence-corrected chi connectivity index (χ2v) is 8.70. The zero-order valence-corrected chi connectivity index (χ0v) is 19.1. The smallest absolute Gasteiger partial charge is 0.142 e. The van der Waals surface area contributed by atoms with Crippen LogP contribution < -0.4 is 16.4 Å². The van der Waals surface area contributed by atoms with E-state index in [1.807, 2.05) is 13.1 Å². The van der Waals surface area contributed by atoms with Gasteiger partial charge in [-0.25, -0.2) is 9.97 Å². The number of nitrogens with two attached hydrogens (primary N) is 1. The number of aryl methyl sites for hydroxylation is 2. The summed E-state index contributed by atoms with van der Waals surface area (Å²) in [5.41, 5.74) is 8.53. The Morgan fingerprint density at radius 3 is 2.79 bits per heavy atom. The number of fused-ring (bicyclic) bond motifs is 3. The summed E-state index contributed by atoms with van der Waals surface area (Å²) in [6.07, 6.45) is 6.29. The molecule has 0 saturated carbocycles. The number of hydrogen-bond acceptors (Lipinski definition) is 8. The predicted octanol–water partition coefficient (Wildman–Crippen LogP) is 4.69. The number of halogens is 1. The Morgan fingerprint density at radius 2 is 2.07 bits per heavy atom. The van der Waals surface area contributed by atoms with Crippen LogP contribution in [0.5, 0.6) is 0 Å². The molecule has 0 radical (unpaired) electrons. The van der Waals surface area contributed by atoms with Crippen LogP contribution in [0.15, 0.2) is 23.4 Å². The number of benzene rings is 1. The largest absolute Gasteiger partial charge is 0.398 e. The van der Waals surface area contributed by atoms with Gasteiger partial charge in [-0.05, 0) is 50.4 Å². The molecule has 0 spiro atoms. The molecule has 2 heterocycles. The average Bonchev–Trinajstić information content (AvgIpc) is 3.10. The molecule has 0 aliphatic heterocycles. The number of nitrogens with zero attached hydrogens (tertiary/aromatic N) is 2. The molecule has 0 unspecified atom stereocenters. The van der Waals surface area contributed by atoms with Gasteiger partial charge < -0.3 is 21.1 Å². The van der Waals surface area contributed by atoms with Crippen LogP contribution in [0.3, 0.4) is 0 Å². The molecule has 1 aromatic carbocycles. The molecule has 4 rings (SSSR count). The summed E-state index contributed by atoms with van der Waals surface area (Å²) in [5.74, 6) is 0.800. The first-order valence-electron chi connectivity index (χ1n) is 9.49. The summed E-state index contributed by atoms with van der Waals surface area (Å²) in [7, 11) is 3.59. The summed E-state index contributed by atoms with van der Waals surface area (Å²) in [6.45, 7) is 1.74. The summed E-state index contributed by atoms with van der Waals surface area (Å²) in [6, 6.07) is 3.53. The summed E-state index contributed by atoms with van der Waals surface area (Å²) in [5, 5.41) is 7.96. The Labute approximate surface area is 185 Å². The molecule has 2 aromatic heterocycles. The van der Waals surface area contributed by atoms with Crippen LogP contribution in [0, 0.1) is 0 Å². The van der Waals surface area contributed by atoms with E-state index in [2.05, 4.69) is 33.2 Å². The average molecular weight is 452 g/mol. The predicted molar refractivity (Wildman–Crippen MR) is 126 cm³/mol. The molecular weight excluding hydrogens is 426 g/mol. The minimum atomic E-state index is 0.552. The van der Waals surface area contributed by atoms with Gasteiger partial charge in [-0.15, -0.1) is 24.0 Å². The highest BCUT2D eigenvalue weighted by Crippen LogP contribution is 2.40. The van der Waals surface area contributed by atoms with Gasteiger partial charge in [0.2, 0.25) is 0 Å². The molecule has 3 aromatic rings. The number of aromatic nitrogens is 2. The Morgan fingerprint density at radius 1 is 1.28 bits per heavy atom. The standard InChI is InChI=1S/C16H15ClN4S2.C4H11NO/c17-9-5-10(18)12(22)6-11(9)21-15-14-8-3-1-2-4-13(8)23-16(14)20-7-19-15;1-5-3-4-6-2/h5-7,22H,1-4,18H2,(H,19,20,21);5H,3-4H2,1-2H3. The maximum Gasteiger partial charge on any atom is 0.142 e. The van der Waals surface area contributed by atoms with E-state index >= 15 is 0 Å². The number of likely N-dealkylation sites (N-methyl/N-ethyl adjacent to an activating group) is 1. The number of rotatable bonds is 5. The lowest BCUT2D eigenvalue weighted by molar-refractivity contribution is 0.201. The zero-order valence-electron chi connectivity index (χ0n) is 16.6. The van der Waals surface area contributed by atoms with E-state index in [0.29, 0.717) is 15.6 Å². The summed E-state index contributed by atoms with van der Waals surface area (Å²) >= 11 is 12.4. The Kier molecular flexibility index (Phi) is 7.97. The first-order valence-corrected chi connectivity index (χ1v) is 11.1. The van der Waals surface area contributed by atoms with Gasteiger partial charge in [0, 0.05) is 29.1 Å². The number of hydrogen-bond donors (Lipinski definition) is 4. The van der Waals surface area contributed by atoms with Crippen molar-refractivity contribution in [1.82, 2.24) is 15.3 Å². The molecule has 9 heteroatoms. The van der Waals surface area contributed by atoms with Crippen LogP contribution in [-0.4, -0.2) is 37.3 Å². The molecule has 1 aliphatic carbocycles. The number of thiophene rings is 1. The van der Waals surface area contributed by atoms with Crippen LogP contribution in [0.4, 0.5) is 17.2 Å². The highest BCUT2D eigenvalue weighted by Gasteiger charge is 2.20. The van der Waals surface area contributed by atoms with Gasteiger partial charge in [-0.2, -0.15) is 0 Å². The quantitative estimate of drug-likeness (QED) is 0.256. The fraction of sp³-hybridized carbons (Fsp3) is 0.400. The molecule has 1 aliphatic rings. The van der Waals surface area contributed by atoms with E-state index < -0.39 is 0 Å². The van der Waals surface area contributed by atoms with Crippen molar-refractivity contribution in [3.8, 4) is 0 Å². The van der Waals surface area contributed by atoms with Crippen molar-refractivity contribution in [2.45, 2.75) is 30.6 Å². The number of ether oxygens (including phenoxy) is 1. The second kappa shape index (κ2) is 10.4. The van der Waals surface area contributed by atoms with Crippen molar-refractivity contribution in [3.05, 3.63) is 33.9 Å². The summed E-state index contributed by atoms with van der Waals surface area (Å²) in [4.78, 5) is 12.0. The van der Waals surface area contributed by atoms with Crippen LogP contribution >= 0.6 is 35.6 Å². The van der Waals surface area contributed by atoms with Crippen LogP contribution in [0.2, 0.25) is 5.02 Å². The van der Waals surface area contributed by atoms with E-state index in [0.717, 1.165) is 47.7 Å². The fourth-order valence-electron chi connectivity index (χ4n) is 3.19. The third-order valence-corrected chi connectivity index (χ3v) is 6.58. The Bertz CT molecular complexity index is 975. The first-order chi connectivity index (χ1) is 14.0. The van der Waals surface area contributed by atoms with Crippen LogP contribution in [0.1, 0.15) is 23.3 Å². The van der Waals surface area contributed by atoms with Gasteiger partial charge in [-0.3, -0.25) is 0 Å². The number of thiol groups is 1. The van der Waals surface area contributed by atoms with E-state index in [1.54, 1.807) is 30.8 Å². The van der Waals surface area contributed by atoms with Crippen molar-refractivity contribution >= 4 is 63.0 Å². The van der Waals surface area contributed by atoms with Crippen molar-refractivity contribution in [2.75, 3.05) is 38.4 Å². The monoisotopic (exact) mass is 451 g/mol. The molecule has 0 fully saturated rings. The molecule has 4 N–H and O–H groups in total. The second-order valence-electron chi connectivity index (χ2n) is 6.73. The van der Waals surface area contributed by atoms with E-state index in [4.69, 9.17) is 22.1 Å². The van der Waals surface area contributed by atoms with E-state index in [-0.39, 0.29) is 0 Å². The van der Waals surface area contributed by atoms with Crippen molar-refractivity contribution < 1.29 is 4.74 Å². The lowest BCUT2D eigenvalue weighted by atomic mass is 9.97. The van der Waals surface area contributed by atoms with Crippen LogP contribution in [0.25, 0.3) is 10.2 Å². The lowest BCUT2D eigenvalue weighted by Gasteiger charge is -2.13. The normalized spacial score (nSPS) is 13.0. The minimum absolute atomic E-state index is 0.552. The third kappa shape index (κ3) is 5.32. The number of methoxy groups -OCH3 is 1. The maximum atomic E-state index is 6.30. The molecule has 29 heavy (non-hydrogen) atoms. The molecular formula is C20H26ClN5OS2. The van der Waals surface area contributed by atoms with Crippen molar-refractivity contribution in [2.24, 2.45) is 0 Å². The molecule has 6 nitrogen and oxygen atoms in total. The van der Waals surface area contributed by atoms with Crippen LogP contribution in [-0.2, 0) is 17.6 Å². The first kappa shape index (κ1) is 22.1. The van der Waals surface area contributed by atoms with Gasteiger partial charge in [0.25, 0.3) is 0 Å². The van der Waals surface area contributed by atoms with E-state index in [1.165, 1.54) is 23.3 Å². The van der Waals surface area contributed by atoms with Crippen molar-refractivity contribution in [1.29, 1.82) is 0 Å². The van der Waals surface area contributed by atoms with Gasteiger partial charge in [0.05, 0.1) is 22.7 Å². The fourth-order valence-corrected chi connectivity index (χ4v) is 4.83. The van der Waals surface area contributed by atoms with E-state index in [9.17, 15) is 0 Å². The van der Waals surface area contributed by atoms with Gasteiger partial charge in [-0.1, -0.05) is 11.6 Å². The van der Waals surface area contributed by atoms with Gasteiger partial charge >= 0.3 is 0 Å². The molecule has 156 valence electrons. The summed E-state index contributed by atoms with van der Waals surface area (Å²) < 4.78 is 4.72. The molecule has 0 amide bonds. The SMILES string of the molecule is CNCCOC.Nc1cc(Cl)c(Nc2ncnc3sc4c(c23)CCCC4)cc1S.